The monoisotopic (exact) mass is 243 g/mol. The van der Waals surface area contributed by atoms with Crippen molar-refractivity contribution >= 4 is 5.78 Å². The summed E-state index contributed by atoms with van der Waals surface area (Å²) in [4.78, 5) is 11.7. The van der Waals surface area contributed by atoms with Crippen molar-refractivity contribution in [1.29, 1.82) is 0 Å². The third kappa shape index (κ3) is 3.87. The van der Waals surface area contributed by atoms with Gasteiger partial charge in [0.2, 0.25) is 0 Å². The van der Waals surface area contributed by atoms with Crippen LogP contribution in [0.4, 0.5) is 8.78 Å². The minimum atomic E-state index is -1.11. The van der Waals surface area contributed by atoms with E-state index < -0.39 is 23.5 Å². The largest absolute Gasteiger partial charge is 0.385 e. The second kappa shape index (κ2) is 6.42. The molecule has 17 heavy (non-hydrogen) atoms. The summed E-state index contributed by atoms with van der Waals surface area (Å²) < 4.78 is 31.0. The minimum absolute atomic E-state index is 0.0241. The van der Waals surface area contributed by atoms with Crippen LogP contribution in [0.2, 0.25) is 0 Å². The average Bonchev–Trinajstić information content (AvgIpc) is 2.29. The Hall–Kier alpha value is -1.33. The summed E-state index contributed by atoms with van der Waals surface area (Å²) in [7, 11) is 1.53. The number of carbonyl (C=O) groups excluding carboxylic acids is 1. The van der Waals surface area contributed by atoms with Crippen LogP contribution in [0.15, 0.2) is 18.2 Å². The first kappa shape index (κ1) is 13.7. The number of hydrogen-bond acceptors (Lipinski definition) is 3. The molecule has 1 aromatic carbocycles. The molecule has 1 aromatic rings. The zero-order chi connectivity index (χ0) is 12.8. The maximum Gasteiger partial charge on any atom is 0.169 e. The SMILES string of the molecule is COCCC(N)CC(=O)c1cccc(F)c1F. The van der Waals surface area contributed by atoms with Crippen molar-refractivity contribution in [2.24, 2.45) is 5.73 Å². The van der Waals surface area contributed by atoms with Gasteiger partial charge in [-0.25, -0.2) is 8.78 Å². The highest BCUT2D eigenvalue weighted by molar-refractivity contribution is 5.96. The van der Waals surface area contributed by atoms with Gasteiger partial charge in [-0.15, -0.1) is 0 Å². The number of ketones is 1. The lowest BCUT2D eigenvalue weighted by Crippen LogP contribution is -2.25. The molecule has 0 spiro atoms. The van der Waals surface area contributed by atoms with E-state index >= 15 is 0 Å². The maximum absolute atomic E-state index is 13.3. The molecule has 1 atom stereocenters. The fraction of sp³-hybridized carbons (Fsp3) is 0.417. The predicted molar refractivity (Wildman–Crippen MR) is 59.8 cm³/mol. The molecule has 0 aliphatic carbocycles. The first-order chi connectivity index (χ1) is 8.06. The third-order valence-corrected chi connectivity index (χ3v) is 2.39. The van der Waals surface area contributed by atoms with Gasteiger partial charge < -0.3 is 10.5 Å². The van der Waals surface area contributed by atoms with Crippen molar-refractivity contribution in [3.63, 3.8) is 0 Å². The first-order valence-electron chi connectivity index (χ1n) is 5.28. The molecule has 2 N–H and O–H groups in total. The molecule has 0 aliphatic rings. The summed E-state index contributed by atoms with van der Waals surface area (Å²) in [6.07, 6.45) is 0.475. The molecule has 94 valence electrons. The Morgan fingerprint density at radius 3 is 2.82 bits per heavy atom. The van der Waals surface area contributed by atoms with Gasteiger partial charge in [-0.3, -0.25) is 4.79 Å². The second-order valence-electron chi connectivity index (χ2n) is 3.77. The van der Waals surface area contributed by atoms with E-state index in [1.807, 2.05) is 0 Å². The maximum atomic E-state index is 13.3. The van der Waals surface area contributed by atoms with Crippen LogP contribution in [0, 0.1) is 11.6 Å². The number of methoxy groups -OCH3 is 1. The summed E-state index contributed by atoms with van der Waals surface area (Å²) in [5, 5.41) is 0. The van der Waals surface area contributed by atoms with Crippen molar-refractivity contribution in [3.8, 4) is 0 Å². The summed E-state index contributed by atoms with van der Waals surface area (Å²) >= 11 is 0. The van der Waals surface area contributed by atoms with Gasteiger partial charge in [-0.05, 0) is 18.6 Å². The molecular formula is C12H15F2NO2. The highest BCUT2D eigenvalue weighted by atomic mass is 19.2. The molecular weight excluding hydrogens is 228 g/mol. The van der Waals surface area contributed by atoms with E-state index in [2.05, 4.69) is 0 Å². The number of nitrogens with two attached hydrogens (primary N) is 1. The molecule has 3 nitrogen and oxygen atoms in total. The van der Waals surface area contributed by atoms with E-state index in [0.29, 0.717) is 13.0 Å². The fourth-order valence-electron chi connectivity index (χ4n) is 1.44. The quantitative estimate of drug-likeness (QED) is 0.776. The van der Waals surface area contributed by atoms with Crippen LogP contribution in [-0.4, -0.2) is 25.5 Å². The molecule has 0 aromatic heterocycles. The fourth-order valence-corrected chi connectivity index (χ4v) is 1.44. The smallest absolute Gasteiger partial charge is 0.169 e. The zero-order valence-electron chi connectivity index (χ0n) is 9.58. The van der Waals surface area contributed by atoms with E-state index in [9.17, 15) is 13.6 Å². The average molecular weight is 243 g/mol. The predicted octanol–water partition coefficient (Wildman–Crippen LogP) is 1.90. The molecule has 1 unspecified atom stereocenters. The van der Waals surface area contributed by atoms with Crippen molar-refractivity contribution in [3.05, 3.63) is 35.4 Å². The normalized spacial score (nSPS) is 12.5. The topological polar surface area (TPSA) is 52.3 Å². The summed E-state index contributed by atoms with van der Waals surface area (Å²) in [5.41, 5.74) is 5.42. The summed E-state index contributed by atoms with van der Waals surface area (Å²) in [6.45, 7) is 0.431. The van der Waals surface area contributed by atoms with Gasteiger partial charge in [0.15, 0.2) is 17.4 Å². The molecule has 0 fully saturated rings. The van der Waals surface area contributed by atoms with Crippen LogP contribution in [0.25, 0.3) is 0 Å². The van der Waals surface area contributed by atoms with Crippen molar-refractivity contribution in [2.45, 2.75) is 18.9 Å². The lowest BCUT2D eigenvalue weighted by atomic mass is 10.0. The van der Waals surface area contributed by atoms with Gasteiger partial charge in [0.25, 0.3) is 0 Å². The number of hydrogen-bond donors (Lipinski definition) is 1. The molecule has 0 heterocycles. The zero-order valence-corrected chi connectivity index (χ0v) is 9.58. The lowest BCUT2D eigenvalue weighted by molar-refractivity contribution is 0.0962. The highest BCUT2D eigenvalue weighted by Crippen LogP contribution is 2.14. The summed E-state index contributed by atoms with van der Waals surface area (Å²) in [5.74, 6) is -2.64. The van der Waals surface area contributed by atoms with E-state index in [-0.39, 0.29) is 12.0 Å². The van der Waals surface area contributed by atoms with Gasteiger partial charge >= 0.3 is 0 Å². The van der Waals surface area contributed by atoms with Gasteiger partial charge in [-0.2, -0.15) is 0 Å². The Labute approximate surface area is 98.6 Å². The van der Waals surface area contributed by atoms with E-state index in [1.54, 1.807) is 0 Å². The Morgan fingerprint density at radius 1 is 1.47 bits per heavy atom. The van der Waals surface area contributed by atoms with Crippen LogP contribution in [0.1, 0.15) is 23.2 Å². The highest BCUT2D eigenvalue weighted by Gasteiger charge is 2.17. The summed E-state index contributed by atoms with van der Waals surface area (Å²) in [6, 6.07) is 3.11. The molecule has 0 radical (unpaired) electrons. The molecule has 0 saturated heterocycles. The van der Waals surface area contributed by atoms with E-state index in [0.717, 1.165) is 6.07 Å². The van der Waals surface area contributed by atoms with Gasteiger partial charge in [-0.1, -0.05) is 6.07 Å². The minimum Gasteiger partial charge on any atom is -0.385 e. The van der Waals surface area contributed by atoms with Crippen LogP contribution < -0.4 is 5.73 Å². The van der Waals surface area contributed by atoms with Crippen LogP contribution in [0.3, 0.4) is 0 Å². The first-order valence-corrected chi connectivity index (χ1v) is 5.28. The number of halogens is 2. The van der Waals surface area contributed by atoms with E-state index in [4.69, 9.17) is 10.5 Å². The number of benzene rings is 1. The van der Waals surface area contributed by atoms with Gasteiger partial charge in [0, 0.05) is 26.2 Å². The number of Topliss-reactive ketones (excluding diaryl/α,β-unsaturated/α-hetero) is 1. The standard InChI is InChI=1S/C12H15F2NO2/c1-17-6-5-8(15)7-11(16)9-3-2-4-10(13)12(9)14/h2-4,8H,5-7,15H2,1H3. The Bertz CT molecular complexity index is 396. The number of rotatable bonds is 6. The number of ether oxygens (including phenoxy) is 1. The molecule has 0 amide bonds. The van der Waals surface area contributed by atoms with Crippen LogP contribution in [-0.2, 0) is 4.74 Å². The number of carbonyl (C=O) groups is 1. The van der Waals surface area contributed by atoms with Crippen molar-refractivity contribution in [1.82, 2.24) is 0 Å². The second-order valence-corrected chi connectivity index (χ2v) is 3.77. The van der Waals surface area contributed by atoms with Crippen LogP contribution in [0.5, 0.6) is 0 Å². The molecule has 0 aliphatic heterocycles. The molecule has 1 rings (SSSR count). The molecule has 0 bridgehead atoms. The van der Waals surface area contributed by atoms with Crippen LogP contribution >= 0.6 is 0 Å². The van der Waals surface area contributed by atoms with Crippen molar-refractivity contribution < 1.29 is 18.3 Å². The molecule has 0 saturated carbocycles. The Kier molecular flexibility index (Phi) is 5.18. The Morgan fingerprint density at radius 2 is 2.18 bits per heavy atom. The van der Waals surface area contributed by atoms with E-state index in [1.165, 1.54) is 19.2 Å². The van der Waals surface area contributed by atoms with Gasteiger partial charge in [0.05, 0.1) is 5.56 Å². The van der Waals surface area contributed by atoms with Gasteiger partial charge in [0.1, 0.15) is 0 Å². The lowest BCUT2D eigenvalue weighted by Gasteiger charge is -2.10. The third-order valence-electron chi connectivity index (χ3n) is 2.39. The Balaban J connectivity index is 2.67. The molecule has 5 heteroatoms. The van der Waals surface area contributed by atoms with Crippen molar-refractivity contribution in [2.75, 3.05) is 13.7 Å².